The van der Waals surface area contributed by atoms with Crippen molar-refractivity contribution in [1.82, 2.24) is 0 Å². The summed E-state index contributed by atoms with van der Waals surface area (Å²) >= 11 is 0. The van der Waals surface area contributed by atoms with Gasteiger partial charge in [0.15, 0.2) is 5.60 Å². The lowest BCUT2D eigenvalue weighted by Crippen LogP contribution is -2.52. The van der Waals surface area contributed by atoms with E-state index in [2.05, 4.69) is 0 Å². The standard InChI is InChI=1S/C18H18O5/c19-16(20)15(11-13-7-3-1-4-8-13)18(23,17(21)22)12-14-9-5-2-6-10-14/h1-10,15,23H,11-12H2,(H,19,20)(H,21,22). The van der Waals surface area contributed by atoms with Gasteiger partial charge in [0.2, 0.25) is 0 Å². The van der Waals surface area contributed by atoms with Crippen molar-refractivity contribution in [2.24, 2.45) is 5.92 Å². The summed E-state index contributed by atoms with van der Waals surface area (Å²) in [4.78, 5) is 23.3. The van der Waals surface area contributed by atoms with Crippen molar-refractivity contribution >= 4 is 11.9 Å². The minimum Gasteiger partial charge on any atom is -0.481 e. The zero-order valence-corrected chi connectivity index (χ0v) is 12.4. The van der Waals surface area contributed by atoms with Crippen molar-refractivity contribution in [3.63, 3.8) is 0 Å². The Balaban J connectivity index is 2.34. The number of aliphatic carboxylic acids is 2. The highest BCUT2D eigenvalue weighted by atomic mass is 16.4. The van der Waals surface area contributed by atoms with Crippen molar-refractivity contribution in [3.8, 4) is 0 Å². The van der Waals surface area contributed by atoms with Crippen LogP contribution in [0.1, 0.15) is 11.1 Å². The Morgan fingerprint density at radius 2 is 1.35 bits per heavy atom. The molecule has 5 nitrogen and oxygen atoms in total. The molecule has 5 heteroatoms. The first kappa shape index (κ1) is 16.7. The maximum absolute atomic E-state index is 11.6. The van der Waals surface area contributed by atoms with Gasteiger partial charge < -0.3 is 15.3 Å². The molecule has 0 aromatic heterocycles. The van der Waals surface area contributed by atoms with E-state index in [1.54, 1.807) is 60.7 Å². The van der Waals surface area contributed by atoms with Gasteiger partial charge in [0.05, 0.1) is 0 Å². The number of aliphatic hydroxyl groups is 1. The maximum Gasteiger partial charge on any atom is 0.336 e. The molecule has 0 spiro atoms. The second kappa shape index (κ2) is 7.07. The molecule has 2 unspecified atom stereocenters. The van der Waals surface area contributed by atoms with Crippen molar-refractivity contribution in [3.05, 3.63) is 71.8 Å². The van der Waals surface area contributed by atoms with Crippen LogP contribution in [0.2, 0.25) is 0 Å². The van der Waals surface area contributed by atoms with Crippen LogP contribution < -0.4 is 0 Å². The Bertz CT molecular complexity index is 668. The second-order valence-corrected chi connectivity index (χ2v) is 5.47. The quantitative estimate of drug-likeness (QED) is 0.726. The van der Waals surface area contributed by atoms with Crippen LogP contribution in [-0.4, -0.2) is 32.9 Å². The zero-order chi connectivity index (χ0) is 16.9. The number of hydrogen-bond acceptors (Lipinski definition) is 3. The highest BCUT2D eigenvalue weighted by molar-refractivity contribution is 5.86. The van der Waals surface area contributed by atoms with Crippen LogP contribution in [0.15, 0.2) is 60.7 Å². The van der Waals surface area contributed by atoms with E-state index in [0.29, 0.717) is 11.1 Å². The molecule has 3 N–H and O–H groups in total. The van der Waals surface area contributed by atoms with Gasteiger partial charge in [-0.2, -0.15) is 0 Å². The number of benzene rings is 2. The van der Waals surface area contributed by atoms with Crippen LogP contribution >= 0.6 is 0 Å². The average molecular weight is 314 g/mol. The van der Waals surface area contributed by atoms with Gasteiger partial charge in [0, 0.05) is 6.42 Å². The topological polar surface area (TPSA) is 94.8 Å². The molecule has 0 saturated carbocycles. The van der Waals surface area contributed by atoms with E-state index in [1.165, 1.54) is 0 Å². The largest absolute Gasteiger partial charge is 0.481 e. The molecule has 0 aliphatic rings. The van der Waals surface area contributed by atoms with E-state index in [0.717, 1.165) is 0 Å². The van der Waals surface area contributed by atoms with E-state index in [1.807, 2.05) is 0 Å². The summed E-state index contributed by atoms with van der Waals surface area (Å²) in [5.41, 5.74) is -1.16. The molecule has 0 amide bonds. The normalized spacial score (nSPS) is 14.7. The fourth-order valence-corrected chi connectivity index (χ4v) is 2.57. The number of carbonyl (C=O) groups is 2. The van der Waals surface area contributed by atoms with Gasteiger partial charge in [-0.3, -0.25) is 4.79 Å². The van der Waals surface area contributed by atoms with Gasteiger partial charge in [-0.25, -0.2) is 4.79 Å². The lowest BCUT2D eigenvalue weighted by atomic mass is 9.78. The molecule has 0 bridgehead atoms. The molecular weight excluding hydrogens is 296 g/mol. The van der Waals surface area contributed by atoms with Gasteiger partial charge in [0.25, 0.3) is 0 Å². The maximum atomic E-state index is 11.6. The summed E-state index contributed by atoms with van der Waals surface area (Å²) in [5.74, 6) is -4.33. The summed E-state index contributed by atoms with van der Waals surface area (Å²) in [7, 11) is 0. The number of rotatable bonds is 7. The van der Waals surface area contributed by atoms with Crippen molar-refractivity contribution in [2.75, 3.05) is 0 Å². The fraction of sp³-hybridized carbons (Fsp3) is 0.222. The van der Waals surface area contributed by atoms with E-state index in [4.69, 9.17) is 0 Å². The van der Waals surface area contributed by atoms with Crippen molar-refractivity contribution in [1.29, 1.82) is 0 Å². The third-order valence-electron chi connectivity index (χ3n) is 3.84. The van der Waals surface area contributed by atoms with Crippen LogP contribution in [0.3, 0.4) is 0 Å². The number of carboxylic acids is 2. The molecule has 120 valence electrons. The molecule has 2 aromatic rings. The number of hydrogen-bond donors (Lipinski definition) is 3. The highest BCUT2D eigenvalue weighted by Gasteiger charge is 2.48. The fourth-order valence-electron chi connectivity index (χ4n) is 2.57. The van der Waals surface area contributed by atoms with Gasteiger partial charge >= 0.3 is 11.9 Å². The molecule has 0 saturated heterocycles. The Morgan fingerprint density at radius 1 is 0.870 bits per heavy atom. The molecule has 0 aliphatic heterocycles. The smallest absolute Gasteiger partial charge is 0.336 e. The third-order valence-corrected chi connectivity index (χ3v) is 3.84. The molecule has 2 rings (SSSR count). The van der Waals surface area contributed by atoms with Gasteiger partial charge in [-0.1, -0.05) is 60.7 Å². The Labute approximate surface area is 133 Å². The molecular formula is C18H18O5. The SMILES string of the molecule is O=C(O)C(Cc1ccccc1)C(O)(Cc1ccccc1)C(=O)O. The molecule has 0 radical (unpaired) electrons. The van der Waals surface area contributed by atoms with Gasteiger partial charge in [-0.15, -0.1) is 0 Å². The first-order valence-corrected chi connectivity index (χ1v) is 7.20. The van der Waals surface area contributed by atoms with Gasteiger partial charge in [0.1, 0.15) is 5.92 Å². The first-order valence-electron chi connectivity index (χ1n) is 7.20. The van der Waals surface area contributed by atoms with Crippen LogP contribution in [0, 0.1) is 5.92 Å². The van der Waals surface area contributed by atoms with Crippen molar-refractivity contribution < 1.29 is 24.9 Å². The summed E-state index contributed by atoms with van der Waals surface area (Å²) in [6.07, 6.45) is -0.335. The highest BCUT2D eigenvalue weighted by Crippen LogP contribution is 2.27. The lowest BCUT2D eigenvalue weighted by molar-refractivity contribution is -0.174. The van der Waals surface area contributed by atoms with Crippen LogP contribution in [0.25, 0.3) is 0 Å². The predicted octanol–water partition coefficient (Wildman–Crippen LogP) is 1.99. The Morgan fingerprint density at radius 3 is 1.78 bits per heavy atom. The molecule has 23 heavy (non-hydrogen) atoms. The summed E-state index contributed by atoms with van der Waals surface area (Å²) < 4.78 is 0. The molecule has 0 fully saturated rings. The minimum absolute atomic E-state index is 0.0637. The molecule has 2 atom stereocenters. The predicted molar refractivity (Wildman–Crippen MR) is 84.0 cm³/mol. The minimum atomic E-state index is -2.39. The van der Waals surface area contributed by atoms with Crippen molar-refractivity contribution in [2.45, 2.75) is 18.4 Å². The average Bonchev–Trinajstić information content (AvgIpc) is 2.54. The summed E-state index contributed by atoms with van der Waals surface area (Å²) in [5, 5.41) is 29.6. The lowest BCUT2D eigenvalue weighted by Gasteiger charge is -2.30. The monoisotopic (exact) mass is 314 g/mol. The molecule has 2 aromatic carbocycles. The summed E-state index contributed by atoms with van der Waals surface area (Å²) in [6, 6.07) is 17.2. The zero-order valence-electron chi connectivity index (χ0n) is 12.4. The second-order valence-electron chi connectivity index (χ2n) is 5.47. The van der Waals surface area contributed by atoms with Gasteiger partial charge in [-0.05, 0) is 17.5 Å². The summed E-state index contributed by atoms with van der Waals surface area (Å²) in [6.45, 7) is 0. The first-order chi connectivity index (χ1) is 10.9. The molecule has 0 aliphatic carbocycles. The Hall–Kier alpha value is -2.66. The number of carboxylic acid groups (broad SMARTS) is 2. The van der Waals surface area contributed by atoms with E-state index in [9.17, 15) is 24.9 Å². The third kappa shape index (κ3) is 3.96. The van der Waals surface area contributed by atoms with Crippen LogP contribution in [0.5, 0.6) is 0 Å². The van der Waals surface area contributed by atoms with E-state index >= 15 is 0 Å². The van der Waals surface area contributed by atoms with E-state index < -0.39 is 23.5 Å². The molecule has 0 heterocycles. The van der Waals surface area contributed by atoms with Crippen LogP contribution in [-0.2, 0) is 22.4 Å². The van der Waals surface area contributed by atoms with Crippen LogP contribution in [0.4, 0.5) is 0 Å². The Kier molecular flexibility index (Phi) is 5.13. The van der Waals surface area contributed by atoms with E-state index in [-0.39, 0.29) is 12.8 Å².